The van der Waals surface area contributed by atoms with Crippen molar-refractivity contribution in [3.63, 3.8) is 0 Å². The molecule has 0 aliphatic carbocycles. The molecule has 3 aromatic rings. The van der Waals surface area contributed by atoms with Crippen LogP contribution in [0.15, 0.2) is 60.7 Å². The molecule has 0 amide bonds. The largest absolute Gasteiger partial charge is 0.493 e. The van der Waals surface area contributed by atoms with E-state index in [1.54, 1.807) is 19.2 Å². The zero-order chi connectivity index (χ0) is 19.2. The van der Waals surface area contributed by atoms with Crippen LogP contribution < -0.4 is 14.8 Å². The third kappa shape index (κ3) is 5.00. The first-order valence-corrected chi connectivity index (χ1v) is 8.90. The normalized spacial score (nSPS) is 10.5. The molecule has 0 fully saturated rings. The first-order chi connectivity index (χ1) is 13.0. The highest BCUT2D eigenvalue weighted by atomic mass is 19.1. The van der Waals surface area contributed by atoms with Gasteiger partial charge in [0, 0.05) is 12.2 Å². The number of hydrogen-bond donors (Lipinski definition) is 1. The zero-order valence-corrected chi connectivity index (χ0v) is 15.9. The average Bonchev–Trinajstić information content (AvgIpc) is 2.68. The van der Waals surface area contributed by atoms with E-state index in [9.17, 15) is 4.39 Å². The van der Waals surface area contributed by atoms with Crippen LogP contribution in [0.2, 0.25) is 0 Å². The van der Waals surface area contributed by atoms with Crippen LogP contribution in [-0.4, -0.2) is 7.11 Å². The fourth-order valence-corrected chi connectivity index (χ4v) is 2.81. The van der Waals surface area contributed by atoms with Crippen molar-refractivity contribution >= 4 is 5.69 Å². The summed E-state index contributed by atoms with van der Waals surface area (Å²) in [7, 11) is 1.63. The van der Waals surface area contributed by atoms with Gasteiger partial charge >= 0.3 is 0 Å². The number of nitrogens with one attached hydrogen (secondary N) is 1. The first kappa shape index (κ1) is 18.8. The quantitative estimate of drug-likeness (QED) is 0.587. The summed E-state index contributed by atoms with van der Waals surface area (Å²) < 4.78 is 24.3. The summed E-state index contributed by atoms with van der Waals surface area (Å²) in [6.07, 6.45) is 0. The van der Waals surface area contributed by atoms with Gasteiger partial charge in [0.25, 0.3) is 0 Å². The Morgan fingerprint density at radius 3 is 2.33 bits per heavy atom. The minimum Gasteiger partial charge on any atom is -0.493 e. The van der Waals surface area contributed by atoms with Crippen molar-refractivity contribution in [2.24, 2.45) is 0 Å². The summed E-state index contributed by atoms with van der Waals surface area (Å²) in [4.78, 5) is 0. The van der Waals surface area contributed by atoms with Gasteiger partial charge in [0.15, 0.2) is 11.5 Å². The third-order valence-corrected chi connectivity index (χ3v) is 4.41. The molecule has 4 heteroatoms. The SMILES string of the molecule is COc1cc(CNc2cc(C)ccc2C)ccc1OCc1ccc(F)cc1. The maximum absolute atomic E-state index is 13.0. The molecule has 27 heavy (non-hydrogen) atoms. The minimum absolute atomic E-state index is 0.253. The molecule has 0 aliphatic rings. The predicted molar refractivity (Wildman–Crippen MR) is 107 cm³/mol. The molecule has 140 valence electrons. The molecule has 0 unspecified atom stereocenters. The van der Waals surface area contributed by atoms with Crippen LogP contribution in [0.1, 0.15) is 22.3 Å². The summed E-state index contributed by atoms with van der Waals surface area (Å²) >= 11 is 0. The molecule has 0 saturated carbocycles. The second-order valence-electron chi connectivity index (χ2n) is 6.57. The van der Waals surface area contributed by atoms with E-state index in [-0.39, 0.29) is 5.82 Å². The van der Waals surface area contributed by atoms with Crippen molar-refractivity contribution in [3.8, 4) is 11.5 Å². The van der Waals surface area contributed by atoms with Crippen LogP contribution in [0.25, 0.3) is 0 Å². The van der Waals surface area contributed by atoms with Crippen LogP contribution in [0, 0.1) is 19.7 Å². The Morgan fingerprint density at radius 2 is 1.59 bits per heavy atom. The standard InChI is InChI=1S/C23H24FNO2/c1-16-4-5-17(2)21(12-16)25-14-19-8-11-22(23(13-19)26-3)27-15-18-6-9-20(24)10-7-18/h4-13,25H,14-15H2,1-3H3. The molecule has 1 N–H and O–H groups in total. The lowest BCUT2D eigenvalue weighted by Gasteiger charge is -2.14. The van der Waals surface area contributed by atoms with Gasteiger partial charge in [-0.2, -0.15) is 0 Å². The van der Waals surface area contributed by atoms with E-state index in [2.05, 4.69) is 37.4 Å². The molecule has 0 spiro atoms. The smallest absolute Gasteiger partial charge is 0.161 e. The molecule has 0 heterocycles. The monoisotopic (exact) mass is 365 g/mol. The number of methoxy groups -OCH3 is 1. The fraction of sp³-hybridized carbons (Fsp3) is 0.217. The lowest BCUT2D eigenvalue weighted by atomic mass is 10.1. The van der Waals surface area contributed by atoms with E-state index in [1.165, 1.54) is 23.3 Å². The van der Waals surface area contributed by atoms with Gasteiger partial charge < -0.3 is 14.8 Å². The van der Waals surface area contributed by atoms with E-state index < -0.39 is 0 Å². The zero-order valence-electron chi connectivity index (χ0n) is 15.9. The number of hydrogen-bond acceptors (Lipinski definition) is 3. The van der Waals surface area contributed by atoms with Crippen molar-refractivity contribution < 1.29 is 13.9 Å². The first-order valence-electron chi connectivity index (χ1n) is 8.90. The van der Waals surface area contributed by atoms with E-state index >= 15 is 0 Å². The van der Waals surface area contributed by atoms with Gasteiger partial charge in [0.05, 0.1) is 7.11 Å². The highest BCUT2D eigenvalue weighted by Gasteiger charge is 2.07. The van der Waals surface area contributed by atoms with Crippen LogP contribution >= 0.6 is 0 Å². The Morgan fingerprint density at radius 1 is 0.852 bits per heavy atom. The van der Waals surface area contributed by atoms with Crippen LogP contribution in [0.4, 0.5) is 10.1 Å². The van der Waals surface area contributed by atoms with Crippen molar-refractivity contribution in [1.82, 2.24) is 0 Å². The van der Waals surface area contributed by atoms with Gasteiger partial charge in [0.1, 0.15) is 12.4 Å². The van der Waals surface area contributed by atoms with Crippen molar-refractivity contribution in [2.75, 3.05) is 12.4 Å². The molecular weight excluding hydrogens is 341 g/mol. The third-order valence-electron chi connectivity index (χ3n) is 4.41. The highest BCUT2D eigenvalue weighted by molar-refractivity contribution is 5.53. The molecule has 0 atom stereocenters. The number of rotatable bonds is 7. The van der Waals surface area contributed by atoms with Crippen LogP contribution in [0.5, 0.6) is 11.5 Å². The second-order valence-corrected chi connectivity index (χ2v) is 6.57. The van der Waals surface area contributed by atoms with Gasteiger partial charge in [-0.05, 0) is 66.4 Å². The summed E-state index contributed by atoms with van der Waals surface area (Å²) in [5, 5.41) is 3.47. The average molecular weight is 365 g/mol. The Kier molecular flexibility index (Phi) is 5.97. The molecular formula is C23H24FNO2. The summed E-state index contributed by atoms with van der Waals surface area (Å²) in [6, 6.07) is 18.5. The van der Waals surface area contributed by atoms with E-state index in [4.69, 9.17) is 9.47 Å². The minimum atomic E-state index is -0.253. The summed E-state index contributed by atoms with van der Waals surface area (Å²) in [5.41, 5.74) is 5.57. The van der Waals surface area contributed by atoms with Gasteiger partial charge in [-0.15, -0.1) is 0 Å². The van der Waals surface area contributed by atoms with Crippen molar-refractivity contribution in [3.05, 3.63) is 88.7 Å². The maximum Gasteiger partial charge on any atom is 0.161 e. The molecule has 3 nitrogen and oxygen atoms in total. The highest BCUT2D eigenvalue weighted by Crippen LogP contribution is 2.29. The molecule has 0 saturated heterocycles. The number of aryl methyl sites for hydroxylation is 2. The topological polar surface area (TPSA) is 30.5 Å². The van der Waals surface area contributed by atoms with Crippen LogP contribution in [-0.2, 0) is 13.2 Å². The number of benzene rings is 3. The summed E-state index contributed by atoms with van der Waals surface area (Å²) in [6.45, 7) is 5.23. The van der Waals surface area contributed by atoms with Gasteiger partial charge in [-0.1, -0.05) is 30.3 Å². The molecule has 0 radical (unpaired) electrons. The van der Waals surface area contributed by atoms with E-state index in [1.807, 2.05) is 18.2 Å². The predicted octanol–water partition coefficient (Wildman–Crippen LogP) is 5.64. The molecule has 0 aliphatic heterocycles. The fourth-order valence-electron chi connectivity index (χ4n) is 2.81. The molecule has 0 bridgehead atoms. The van der Waals surface area contributed by atoms with Gasteiger partial charge in [-0.25, -0.2) is 4.39 Å². The van der Waals surface area contributed by atoms with Crippen LogP contribution in [0.3, 0.4) is 0 Å². The number of anilines is 1. The Bertz CT molecular complexity index is 907. The number of ether oxygens (including phenoxy) is 2. The van der Waals surface area contributed by atoms with Gasteiger partial charge in [-0.3, -0.25) is 0 Å². The number of halogens is 1. The molecule has 0 aromatic heterocycles. The Balaban J connectivity index is 1.66. The lowest BCUT2D eigenvalue weighted by molar-refractivity contribution is 0.284. The Labute approximate surface area is 159 Å². The Hall–Kier alpha value is -3.01. The second kappa shape index (κ2) is 8.58. The van der Waals surface area contributed by atoms with Crippen molar-refractivity contribution in [2.45, 2.75) is 27.0 Å². The lowest BCUT2D eigenvalue weighted by Crippen LogP contribution is -2.03. The summed E-state index contributed by atoms with van der Waals surface area (Å²) in [5.74, 6) is 1.09. The van der Waals surface area contributed by atoms with E-state index in [0.29, 0.717) is 24.7 Å². The van der Waals surface area contributed by atoms with Gasteiger partial charge in [0.2, 0.25) is 0 Å². The van der Waals surface area contributed by atoms with E-state index in [0.717, 1.165) is 16.8 Å². The van der Waals surface area contributed by atoms with Crippen molar-refractivity contribution in [1.29, 1.82) is 0 Å². The molecule has 3 aromatic carbocycles. The maximum atomic E-state index is 13.0. The molecule has 3 rings (SSSR count).